The van der Waals surface area contributed by atoms with Crippen molar-refractivity contribution in [3.63, 3.8) is 0 Å². The normalized spacial score (nSPS) is 14.6. The number of rotatable bonds is 3. The molecule has 19 nitrogen and oxygen atoms in total. The number of nitrogens with one attached hydrogen (secondary N) is 3. The number of primary sulfonamides is 3. The summed E-state index contributed by atoms with van der Waals surface area (Å²) >= 11 is 0. The third-order valence-electron chi connectivity index (χ3n) is 13.5. The zero-order valence-electron chi connectivity index (χ0n) is 52.9. The highest BCUT2D eigenvalue weighted by molar-refractivity contribution is 7.92. The minimum atomic E-state index is -3.97. The third kappa shape index (κ3) is 21.6. The maximum atomic E-state index is 13.6. The van der Waals surface area contributed by atoms with Crippen LogP contribution in [0.2, 0.25) is 0 Å². The molecule has 9 N–H and O–H groups in total. The second-order valence-corrected chi connectivity index (χ2v) is 33.8. The molecule has 3 aromatic carbocycles. The fraction of sp³-hybridized carbons (Fsp3) is 0.435. The van der Waals surface area contributed by atoms with Gasteiger partial charge in [0.15, 0.2) is 5.03 Å². The molecular weight excluding hydrogens is 1200 g/mol. The first-order valence-electron chi connectivity index (χ1n) is 27.5. The van der Waals surface area contributed by atoms with Gasteiger partial charge in [0.25, 0.3) is 10.0 Å². The van der Waals surface area contributed by atoms with Gasteiger partial charge in [0, 0.05) is 35.4 Å². The largest absolute Gasteiger partial charge is 0.326 e. The fourth-order valence-corrected chi connectivity index (χ4v) is 10.9. The van der Waals surface area contributed by atoms with Crippen molar-refractivity contribution >= 4 is 69.2 Å². The van der Waals surface area contributed by atoms with Gasteiger partial charge in [0.2, 0.25) is 41.9 Å². The van der Waals surface area contributed by atoms with Gasteiger partial charge in [-0.1, -0.05) is 155 Å². The maximum absolute atomic E-state index is 13.6. The standard InChI is InChI=1S/C12H15NO.C11H14N2O.2C10H14FNO2S.C10H14N2O2S.C9H14N2O2S/c1-12(2,3)9-4-5-10-8(6-9)7-11(14)13-10;1-11(2,3)8-4-7-5-9(14)13-10(7)12-6-8;1-10(2,3)7-4-5-9(8(11)6-7)15(12,13)14;1-10(2,3)8-5-4-7(6-9(8)11)15(12,13)14;1-10(2,3)8-4-7-6-15(13,14)12-9(7)11-5-8;1-9(2,3)7-4-5-8(11-6-7)14(10,12)13/h4-6H,7H2,1-3H3,(H,13,14);4,6H,5H2,1-3H3,(H,12,13,14);2*4-6H,1-3H3,(H2,12,13,14);4-5H,6H2,1-3H3,(H,11,12);4-6H,1-3H3,(H2,10,12,13). The zero-order valence-corrected chi connectivity index (χ0v) is 56.2. The number of nitrogens with two attached hydrogens (primary N) is 3. The number of hydrogen-bond donors (Lipinski definition) is 6. The Morgan fingerprint density at radius 3 is 1.34 bits per heavy atom. The minimum Gasteiger partial charge on any atom is -0.326 e. The van der Waals surface area contributed by atoms with Crippen molar-refractivity contribution in [2.75, 3.05) is 15.4 Å². The molecule has 3 aliphatic heterocycles. The average Bonchev–Trinajstić information content (AvgIpc) is 2.20. The van der Waals surface area contributed by atoms with Crippen LogP contribution in [0.5, 0.6) is 0 Å². The first kappa shape index (κ1) is 72.9. The molecule has 0 saturated heterocycles. The lowest BCUT2D eigenvalue weighted by Gasteiger charge is -2.19. The van der Waals surface area contributed by atoms with Crippen LogP contribution in [0.3, 0.4) is 0 Å². The number of carbonyl (C=O) groups is 2. The van der Waals surface area contributed by atoms with Gasteiger partial charge in [-0.25, -0.2) is 72.8 Å². The summed E-state index contributed by atoms with van der Waals surface area (Å²) in [5.74, 6) is 0.0359. The molecule has 3 aliphatic rings. The number of aromatic nitrogens is 3. The third-order valence-corrected chi connectivity index (χ3v) is 17.4. The molecule has 2 amide bonds. The lowest BCUT2D eigenvalue weighted by atomic mass is 9.86. The summed E-state index contributed by atoms with van der Waals surface area (Å²) in [6.45, 7) is 36.6. The van der Waals surface area contributed by atoms with Crippen LogP contribution in [0.4, 0.5) is 26.1 Å². The number of hydrogen-bond acceptors (Lipinski definition) is 13. The Morgan fingerprint density at radius 2 is 0.897 bits per heavy atom. The van der Waals surface area contributed by atoms with Gasteiger partial charge in [-0.15, -0.1) is 0 Å². The molecule has 6 aromatic rings. The summed E-state index contributed by atoms with van der Waals surface area (Å²) in [5, 5.41) is 20.1. The van der Waals surface area contributed by atoms with Crippen molar-refractivity contribution in [1.29, 1.82) is 0 Å². The lowest BCUT2D eigenvalue weighted by molar-refractivity contribution is -0.115. The van der Waals surface area contributed by atoms with Crippen molar-refractivity contribution in [2.45, 2.75) is 191 Å². The Hall–Kier alpha value is -6.61. The Morgan fingerprint density at radius 1 is 0.448 bits per heavy atom. The number of halogens is 2. The molecule has 3 aromatic heterocycles. The molecule has 476 valence electrons. The van der Waals surface area contributed by atoms with Gasteiger partial charge in [-0.2, -0.15) is 0 Å². The van der Waals surface area contributed by atoms with E-state index in [1.165, 1.54) is 41.5 Å². The molecule has 6 heterocycles. The topological polar surface area (TPSA) is 324 Å². The van der Waals surface area contributed by atoms with Crippen molar-refractivity contribution in [3.05, 3.63) is 159 Å². The van der Waals surface area contributed by atoms with Crippen molar-refractivity contribution < 1.29 is 52.0 Å². The highest BCUT2D eigenvalue weighted by atomic mass is 32.2. The van der Waals surface area contributed by atoms with E-state index in [0.717, 1.165) is 51.0 Å². The monoisotopic (exact) mass is 1280 g/mol. The number of benzene rings is 3. The van der Waals surface area contributed by atoms with Gasteiger partial charge in [0.1, 0.15) is 28.2 Å². The summed E-state index contributed by atoms with van der Waals surface area (Å²) in [5.41, 5.74) is 9.19. The van der Waals surface area contributed by atoms with E-state index in [1.54, 1.807) is 24.5 Å². The van der Waals surface area contributed by atoms with Crippen LogP contribution in [0.25, 0.3) is 0 Å². The Bertz CT molecular complexity index is 3910. The number of amides is 2. The first-order chi connectivity index (χ1) is 39.2. The number of fused-ring (bicyclic) bond motifs is 3. The summed E-state index contributed by atoms with van der Waals surface area (Å²) in [6, 6.07) is 21.1. The average molecular weight is 1280 g/mol. The van der Waals surface area contributed by atoms with Gasteiger partial charge >= 0.3 is 0 Å². The second kappa shape index (κ2) is 26.6. The highest BCUT2D eigenvalue weighted by Gasteiger charge is 2.28. The highest BCUT2D eigenvalue weighted by Crippen LogP contribution is 2.33. The van der Waals surface area contributed by atoms with Crippen LogP contribution < -0.4 is 30.8 Å². The van der Waals surface area contributed by atoms with Crippen LogP contribution in [0.15, 0.2) is 112 Å². The molecule has 25 heteroatoms. The van der Waals surface area contributed by atoms with Gasteiger partial charge < -0.3 is 10.6 Å². The minimum absolute atomic E-state index is 0.00557. The Labute approximate surface area is 513 Å². The van der Waals surface area contributed by atoms with Crippen molar-refractivity contribution in [2.24, 2.45) is 15.4 Å². The van der Waals surface area contributed by atoms with Crippen LogP contribution in [-0.2, 0) is 101 Å². The molecule has 9 rings (SSSR count). The van der Waals surface area contributed by atoms with E-state index in [2.05, 4.69) is 111 Å². The molecule has 0 radical (unpaired) electrons. The van der Waals surface area contributed by atoms with E-state index in [4.69, 9.17) is 15.4 Å². The number of pyridine rings is 3. The zero-order chi connectivity index (χ0) is 66.6. The van der Waals surface area contributed by atoms with E-state index in [-0.39, 0.29) is 60.0 Å². The lowest BCUT2D eigenvalue weighted by Crippen LogP contribution is -2.16. The van der Waals surface area contributed by atoms with Crippen molar-refractivity contribution in [1.82, 2.24) is 15.0 Å². The molecule has 0 fully saturated rings. The summed E-state index contributed by atoms with van der Waals surface area (Å²) in [6.07, 6.45) is 6.10. The molecule has 87 heavy (non-hydrogen) atoms. The first-order valence-corrected chi connectivity index (χ1v) is 33.8. The van der Waals surface area contributed by atoms with Crippen molar-refractivity contribution in [3.8, 4) is 0 Å². The van der Waals surface area contributed by atoms with Crippen LogP contribution in [0.1, 0.15) is 175 Å². The second-order valence-electron chi connectivity index (χ2n) is 27.5. The van der Waals surface area contributed by atoms with E-state index in [0.29, 0.717) is 24.2 Å². The number of anilines is 3. The van der Waals surface area contributed by atoms with E-state index in [1.807, 2.05) is 80.6 Å². The van der Waals surface area contributed by atoms with Gasteiger partial charge in [-0.05, 0) is 120 Å². The predicted octanol–water partition coefficient (Wildman–Crippen LogP) is 10.6. The molecule has 0 aliphatic carbocycles. The quantitative estimate of drug-likeness (QED) is 0.0961. The van der Waals surface area contributed by atoms with Gasteiger partial charge in [-0.3, -0.25) is 14.3 Å². The number of nitrogens with zero attached hydrogens (tertiary/aromatic N) is 3. The SMILES string of the molecule is CC(C)(C)c1ccc(S(N)(=O)=O)c(F)c1.CC(C)(C)c1ccc(S(N)(=O)=O)cc1F.CC(C)(C)c1ccc(S(N)(=O)=O)nc1.CC(C)(C)c1ccc2c(c1)CC(=O)N2.CC(C)(C)c1cnc2c(c1)CC(=O)N2.CC(C)(C)c1cnc2c(c1)CS(=O)(=O)N2. The molecular formula is C62H85F2N9O10S4. The van der Waals surface area contributed by atoms with E-state index >= 15 is 0 Å². The van der Waals surface area contributed by atoms with Crippen LogP contribution in [0, 0.1) is 11.6 Å². The molecule has 0 unspecified atom stereocenters. The van der Waals surface area contributed by atoms with E-state index < -0.39 is 56.6 Å². The summed E-state index contributed by atoms with van der Waals surface area (Å²) < 4.78 is 118. The summed E-state index contributed by atoms with van der Waals surface area (Å²) in [4.78, 5) is 33.8. The van der Waals surface area contributed by atoms with Crippen LogP contribution in [-0.4, -0.2) is 60.4 Å². The summed E-state index contributed by atoms with van der Waals surface area (Å²) in [7, 11) is -14.7. The Balaban J connectivity index is 0.000000223. The van der Waals surface area contributed by atoms with Crippen LogP contribution >= 0.6 is 0 Å². The Kier molecular flexibility index (Phi) is 22.3. The predicted molar refractivity (Wildman–Crippen MR) is 339 cm³/mol. The van der Waals surface area contributed by atoms with Gasteiger partial charge in [0.05, 0.1) is 23.5 Å². The molecule has 0 saturated carbocycles. The number of carbonyl (C=O) groups excluding carboxylic acids is 2. The molecule has 0 atom stereocenters. The fourth-order valence-electron chi connectivity index (χ4n) is 8.19. The molecule has 0 bridgehead atoms. The smallest absolute Gasteiger partial charge is 0.255 e. The molecule has 0 spiro atoms. The maximum Gasteiger partial charge on any atom is 0.255 e. The van der Waals surface area contributed by atoms with E-state index in [9.17, 15) is 52.0 Å². The number of sulfonamides is 4.